The first-order valence-electron chi connectivity index (χ1n) is 3.78. The molecule has 4 nitrogen and oxygen atoms in total. The molecule has 0 spiro atoms. The van der Waals surface area contributed by atoms with Gasteiger partial charge < -0.3 is 14.2 Å². The molecule has 0 amide bonds. The van der Waals surface area contributed by atoms with Gasteiger partial charge in [0.15, 0.2) is 17.8 Å². The minimum atomic E-state index is 0.175. The van der Waals surface area contributed by atoms with Gasteiger partial charge in [-0.1, -0.05) is 0 Å². The number of benzene rings is 1. The highest BCUT2D eigenvalue weighted by Crippen LogP contribution is 2.42. The van der Waals surface area contributed by atoms with Gasteiger partial charge in [-0.2, -0.15) is 0 Å². The van der Waals surface area contributed by atoms with Gasteiger partial charge in [0.2, 0.25) is 12.5 Å². The van der Waals surface area contributed by atoms with Crippen LogP contribution in [0.3, 0.4) is 0 Å². The first-order chi connectivity index (χ1) is 6.36. The van der Waals surface area contributed by atoms with E-state index in [-0.39, 0.29) is 6.79 Å². The molecule has 1 aromatic carbocycles. The quantitative estimate of drug-likeness (QED) is 0.642. The summed E-state index contributed by atoms with van der Waals surface area (Å²) in [5.74, 6) is 1.56. The maximum Gasteiger partial charge on any atom is 0.231 e. The lowest BCUT2D eigenvalue weighted by Gasteiger charge is -2.05. The highest BCUT2D eigenvalue weighted by Gasteiger charge is 2.21. The van der Waals surface area contributed by atoms with Crippen molar-refractivity contribution in [1.29, 1.82) is 0 Å². The van der Waals surface area contributed by atoms with Crippen molar-refractivity contribution in [2.24, 2.45) is 0 Å². The molecule has 0 saturated carbocycles. The van der Waals surface area contributed by atoms with E-state index in [1.165, 1.54) is 7.11 Å². The molecule has 1 aromatic rings. The van der Waals surface area contributed by atoms with Gasteiger partial charge in [-0.15, -0.1) is 0 Å². The summed E-state index contributed by atoms with van der Waals surface area (Å²) in [7, 11) is 1.49. The third kappa shape index (κ3) is 1.11. The number of aldehydes is 1. The molecular formula is C9H8O4. The van der Waals surface area contributed by atoms with Crippen LogP contribution in [0.15, 0.2) is 12.1 Å². The summed E-state index contributed by atoms with van der Waals surface area (Å²) in [5.41, 5.74) is 0.465. The summed E-state index contributed by atoms with van der Waals surface area (Å²) in [4.78, 5) is 10.6. The minimum absolute atomic E-state index is 0.175. The Hall–Kier alpha value is -1.71. The van der Waals surface area contributed by atoms with E-state index in [4.69, 9.17) is 14.2 Å². The van der Waals surface area contributed by atoms with E-state index in [9.17, 15) is 4.79 Å². The number of carbonyl (C=O) groups is 1. The summed E-state index contributed by atoms with van der Waals surface area (Å²) in [5, 5.41) is 0. The molecular weight excluding hydrogens is 172 g/mol. The predicted molar refractivity (Wildman–Crippen MR) is 44.5 cm³/mol. The van der Waals surface area contributed by atoms with Gasteiger partial charge in [-0.05, 0) is 12.1 Å². The molecule has 4 heteroatoms. The monoisotopic (exact) mass is 180 g/mol. The minimum Gasteiger partial charge on any atom is -0.492 e. The molecule has 0 N–H and O–H groups in total. The van der Waals surface area contributed by atoms with Crippen LogP contribution in [0.4, 0.5) is 0 Å². The summed E-state index contributed by atoms with van der Waals surface area (Å²) in [6.07, 6.45) is 0.723. The van der Waals surface area contributed by atoms with Gasteiger partial charge in [-0.3, -0.25) is 4.79 Å². The molecule has 2 rings (SSSR count). The Kier molecular flexibility index (Phi) is 1.81. The molecule has 1 heterocycles. The Morgan fingerprint density at radius 2 is 2.31 bits per heavy atom. The molecule has 0 saturated heterocycles. The van der Waals surface area contributed by atoms with Crippen molar-refractivity contribution in [2.75, 3.05) is 13.9 Å². The van der Waals surface area contributed by atoms with Crippen LogP contribution in [0.1, 0.15) is 10.4 Å². The Balaban J connectivity index is 2.59. The van der Waals surface area contributed by atoms with Gasteiger partial charge in [0.1, 0.15) is 0 Å². The Bertz CT molecular complexity index is 346. The first kappa shape index (κ1) is 7.91. The molecule has 13 heavy (non-hydrogen) atoms. The number of fused-ring (bicyclic) bond motifs is 1. The lowest BCUT2D eigenvalue weighted by molar-refractivity contribution is 0.111. The van der Waals surface area contributed by atoms with Crippen LogP contribution in [0.2, 0.25) is 0 Å². The van der Waals surface area contributed by atoms with Crippen LogP contribution in [-0.4, -0.2) is 20.2 Å². The zero-order valence-electron chi connectivity index (χ0n) is 7.07. The normalized spacial score (nSPS) is 12.7. The van der Waals surface area contributed by atoms with E-state index in [2.05, 4.69) is 0 Å². The third-order valence-corrected chi connectivity index (χ3v) is 1.86. The van der Waals surface area contributed by atoms with Crippen LogP contribution >= 0.6 is 0 Å². The molecule has 0 bridgehead atoms. The van der Waals surface area contributed by atoms with E-state index in [1.807, 2.05) is 0 Å². The maximum atomic E-state index is 10.6. The van der Waals surface area contributed by atoms with Crippen LogP contribution in [0, 0.1) is 0 Å². The van der Waals surface area contributed by atoms with Crippen molar-refractivity contribution in [1.82, 2.24) is 0 Å². The summed E-state index contributed by atoms with van der Waals surface area (Å²) in [6.45, 7) is 0.175. The average Bonchev–Trinajstić information content (AvgIpc) is 2.63. The van der Waals surface area contributed by atoms with Crippen molar-refractivity contribution in [2.45, 2.75) is 0 Å². The van der Waals surface area contributed by atoms with E-state index >= 15 is 0 Å². The van der Waals surface area contributed by atoms with Crippen molar-refractivity contribution < 1.29 is 19.0 Å². The van der Waals surface area contributed by atoms with Gasteiger partial charge in [0.05, 0.1) is 12.7 Å². The highest BCUT2D eigenvalue weighted by molar-refractivity contribution is 5.82. The van der Waals surface area contributed by atoms with E-state index < -0.39 is 0 Å². The van der Waals surface area contributed by atoms with Gasteiger partial charge in [0, 0.05) is 0 Å². The van der Waals surface area contributed by atoms with Crippen molar-refractivity contribution >= 4 is 6.29 Å². The smallest absolute Gasteiger partial charge is 0.231 e. The fraction of sp³-hybridized carbons (Fsp3) is 0.222. The van der Waals surface area contributed by atoms with E-state index in [0.717, 1.165) is 6.29 Å². The van der Waals surface area contributed by atoms with Crippen molar-refractivity contribution in [3.63, 3.8) is 0 Å². The molecule has 0 aliphatic carbocycles. The summed E-state index contributed by atoms with van der Waals surface area (Å²) in [6, 6.07) is 3.33. The van der Waals surface area contributed by atoms with Crippen molar-refractivity contribution in [3.05, 3.63) is 17.7 Å². The average molecular weight is 180 g/mol. The standard InChI is InChI=1S/C9H8O4/c1-11-8-6(4-10)2-3-7-9(8)13-5-12-7/h2-4H,5H2,1H3. The largest absolute Gasteiger partial charge is 0.492 e. The van der Waals surface area contributed by atoms with E-state index in [0.29, 0.717) is 22.8 Å². The van der Waals surface area contributed by atoms with Crippen LogP contribution in [0.5, 0.6) is 17.2 Å². The molecule has 1 aliphatic heterocycles. The second-order valence-electron chi connectivity index (χ2n) is 2.54. The summed E-state index contributed by atoms with van der Waals surface area (Å²) < 4.78 is 15.3. The predicted octanol–water partition coefficient (Wildman–Crippen LogP) is 1.24. The topological polar surface area (TPSA) is 44.8 Å². The first-order valence-corrected chi connectivity index (χ1v) is 3.78. The lowest BCUT2D eigenvalue weighted by atomic mass is 10.2. The highest BCUT2D eigenvalue weighted by atomic mass is 16.7. The number of hydrogen-bond donors (Lipinski definition) is 0. The lowest BCUT2D eigenvalue weighted by Crippen LogP contribution is -1.95. The number of rotatable bonds is 2. The molecule has 0 atom stereocenters. The number of ether oxygens (including phenoxy) is 3. The molecule has 68 valence electrons. The number of carbonyl (C=O) groups excluding carboxylic acids is 1. The maximum absolute atomic E-state index is 10.6. The molecule has 0 fully saturated rings. The second-order valence-corrected chi connectivity index (χ2v) is 2.54. The molecule has 0 aromatic heterocycles. The molecule has 0 unspecified atom stereocenters. The van der Waals surface area contributed by atoms with Crippen LogP contribution in [-0.2, 0) is 0 Å². The summed E-state index contributed by atoms with van der Waals surface area (Å²) >= 11 is 0. The Morgan fingerprint density at radius 3 is 3.00 bits per heavy atom. The second kappa shape index (κ2) is 2.97. The zero-order chi connectivity index (χ0) is 9.26. The Morgan fingerprint density at radius 1 is 1.46 bits per heavy atom. The van der Waals surface area contributed by atoms with Crippen LogP contribution in [0.25, 0.3) is 0 Å². The van der Waals surface area contributed by atoms with Gasteiger partial charge in [0.25, 0.3) is 0 Å². The number of methoxy groups -OCH3 is 1. The van der Waals surface area contributed by atoms with Crippen LogP contribution < -0.4 is 14.2 Å². The van der Waals surface area contributed by atoms with Gasteiger partial charge in [-0.25, -0.2) is 0 Å². The zero-order valence-corrected chi connectivity index (χ0v) is 7.07. The molecule has 1 aliphatic rings. The van der Waals surface area contributed by atoms with E-state index in [1.54, 1.807) is 12.1 Å². The fourth-order valence-electron chi connectivity index (χ4n) is 1.27. The third-order valence-electron chi connectivity index (χ3n) is 1.86. The van der Waals surface area contributed by atoms with Crippen molar-refractivity contribution in [3.8, 4) is 17.2 Å². The molecule has 0 radical (unpaired) electrons. The van der Waals surface area contributed by atoms with Gasteiger partial charge >= 0.3 is 0 Å². The fourth-order valence-corrected chi connectivity index (χ4v) is 1.27. The Labute approximate surface area is 75.0 Å². The SMILES string of the molecule is COc1c(C=O)ccc2c1OCO2. The number of hydrogen-bond acceptors (Lipinski definition) is 4.